The van der Waals surface area contributed by atoms with Crippen molar-refractivity contribution in [2.24, 2.45) is 5.10 Å². The monoisotopic (exact) mass is 393 g/mol. The van der Waals surface area contributed by atoms with Gasteiger partial charge < -0.3 is 10.1 Å². The quantitative estimate of drug-likeness (QED) is 0.584. The molecule has 2 N–H and O–H groups in total. The summed E-state index contributed by atoms with van der Waals surface area (Å²) >= 11 is 0. The van der Waals surface area contributed by atoms with Crippen LogP contribution in [0.25, 0.3) is 0 Å². The van der Waals surface area contributed by atoms with Gasteiger partial charge in [-0.15, -0.1) is 0 Å². The van der Waals surface area contributed by atoms with Crippen LogP contribution in [0, 0.1) is 0 Å². The molecular formula is C19H18F3N3O3. The Morgan fingerprint density at radius 1 is 1.11 bits per heavy atom. The highest BCUT2D eigenvalue weighted by molar-refractivity contribution is 6.01. The summed E-state index contributed by atoms with van der Waals surface area (Å²) in [6, 6.07) is 12.7. The summed E-state index contributed by atoms with van der Waals surface area (Å²) in [7, 11) is 1.54. The van der Waals surface area contributed by atoms with E-state index in [2.05, 4.69) is 10.5 Å². The van der Waals surface area contributed by atoms with E-state index in [1.807, 2.05) is 0 Å². The normalized spacial score (nSPS) is 11.7. The van der Waals surface area contributed by atoms with E-state index < -0.39 is 12.1 Å². The summed E-state index contributed by atoms with van der Waals surface area (Å²) in [6.07, 6.45) is -4.88. The molecule has 0 unspecified atom stereocenters. The molecule has 0 heterocycles. The maximum absolute atomic E-state index is 12.3. The predicted octanol–water partition coefficient (Wildman–Crippen LogP) is 3.28. The van der Waals surface area contributed by atoms with Crippen molar-refractivity contribution in [2.75, 3.05) is 12.4 Å². The second-order valence-corrected chi connectivity index (χ2v) is 5.79. The molecule has 0 atom stereocenters. The Labute approximate surface area is 159 Å². The number of methoxy groups -OCH3 is 1. The van der Waals surface area contributed by atoms with E-state index >= 15 is 0 Å². The topological polar surface area (TPSA) is 79.8 Å². The number of carbonyl (C=O) groups is 2. The Morgan fingerprint density at radius 2 is 1.79 bits per heavy atom. The lowest BCUT2D eigenvalue weighted by atomic mass is 10.1. The Morgan fingerprint density at radius 3 is 2.39 bits per heavy atom. The van der Waals surface area contributed by atoms with Crippen molar-refractivity contribution < 1.29 is 27.5 Å². The molecule has 0 aliphatic rings. The van der Waals surface area contributed by atoms with Crippen molar-refractivity contribution in [3.8, 4) is 5.75 Å². The van der Waals surface area contributed by atoms with Crippen molar-refractivity contribution in [1.29, 1.82) is 0 Å². The van der Waals surface area contributed by atoms with E-state index in [1.54, 1.807) is 49.7 Å². The zero-order chi connectivity index (χ0) is 20.7. The van der Waals surface area contributed by atoms with Crippen LogP contribution >= 0.6 is 0 Å². The van der Waals surface area contributed by atoms with E-state index in [4.69, 9.17) is 4.74 Å². The summed E-state index contributed by atoms with van der Waals surface area (Å²) < 4.78 is 42.0. The molecule has 2 rings (SSSR count). The van der Waals surface area contributed by atoms with Gasteiger partial charge in [0.15, 0.2) is 0 Å². The van der Waals surface area contributed by atoms with Gasteiger partial charge in [0, 0.05) is 5.69 Å². The lowest BCUT2D eigenvalue weighted by molar-refractivity contribution is -0.167. The van der Waals surface area contributed by atoms with Crippen LogP contribution in [-0.4, -0.2) is 30.8 Å². The first kappa shape index (κ1) is 20.9. The zero-order valence-electron chi connectivity index (χ0n) is 15.1. The molecule has 0 bridgehead atoms. The number of alkyl halides is 3. The van der Waals surface area contributed by atoms with E-state index in [-0.39, 0.29) is 18.0 Å². The van der Waals surface area contributed by atoms with Crippen molar-refractivity contribution >= 4 is 23.2 Å². The molecule has 0 saturated carbocycles. The third-order valence-electron chi connectivity index (χ3n) is 3.67. The molecule has 0 saturated heterocycles. The number of anilines is 1. The van der Waals surface area contributed by atoms with Crippen LogP contribution < -0.4 is 15.5 Å². The molecule has 0 fully saturated rings. The van der Waals surface area contributed by atoms with Gasteiger partial charge in [-0.05, 0) is 42.3 Å². The van der Waals surface area contributed by atoms with Crippen molar-refractivity contribution in [2.45, 2.75) is 19.5 Å². The summed E-state index contributed by atoms with van der Waals surface area (Å²) in [5.41, 5.74) is 3.95. The molecule has 2 aromatic rings. The number of hydrogen-bond donors (Lipinski definition) is 2. The predicted molar refractivity (Wildman–Crippen MR) is 98.2 cm³/mol. The number of hydrogen-bond acceptors (Lipinski definition) is 4. The molecular weight excluding hydrogens is 375 g/mol. The molecule has 2 aromatic carbocycles. The van der Waals surface area contributed by atoms with E-state index in [1.165, 1.54) is 18.2 Å². The van der Waals surface area contributed by atoms with Gasteiger partial charge in [0.25, 0.3) is 0 Å². The highest BCUT2D eigenvalue weighted by atomic mass is 19.4. The van der Waals surface area contributed by atoms with E-state index in [0.717, 1.165) is 5.56 Å². The van der Waals surface area contributed by atoms with Gasteiger partial charge in [0.05, 0.1) is 19.2 Å². The average Bonchev–Trinajstić information content (AvgIpc) is 2.66. The van der Waals surface area contributed by atoms with Gasteiger partial charge in [-0.1, -0.05) is 24.3 Å². The summed E-state index contributed by atoms with van der Waals surface area (Å²) in [5, 5.41) is 5.72. The molecule has 0 spiro atoms. The fourth-order valence-electron chi connectivity index (χ4n) is 2.20. The molecule has 0 aliphatic carbocycles. The van der Waals surface area contributed by atoms with Gasteiger partial charge in [-0.3, -0.25) is 9.59 Å². The number of ether oxygens (including phenoxy) is 1. The number of nitrogens with zero attached hydrogens (tertiary/aromatic N) is 1. The van der Waals surface area contributed by atoms with Crippen LogP contribution in [0.2, 0.25) is 0 Å². The molecule has 0 aliphatic heterocycles. The van der Waals surface area contributed by atoms with Crippen molar-refractivity contribution in [3.05, 3.63) is 59.7 Å². The minimum atomic E-state index is -4.98. The van der Waals surface area contributed by atoms with Crippen LogP contribution in [0.4, 0.5) is 18.9 Å². The SMILES string of the molecule is COc1ccc(CC(=O)N/N=C(/C)c2cccc(NC(=O)C(F)(F)F)c2)cc1. The first-order valence-corrected chi connectivity index (χ1v) is 8.13. The molecule has 6 nitrogen and oxygen atoms in total. The van der Waals surface area contributed by atoms with Gasteiger partial charge in [0.2, 0.25) is 5.91 Å². The van der Waals surface area contributed by atoms with Crippen molar-refractivity contribution in [3.63, 3.8) is 0 Å². The van der Waals surface area contributed by atoms with Crippen LogP contribution in [0.5, 0.6) is 5.75 Å². The minimum absolute atomic E-state index is 0.0288. The van der Waals surface area contributed by atoms with Crippen LogP contribution in [0.3, 0.4) is 0 Å². The number of nitrogens with one attached hydrogen (secondary N) is 2. The molecule has 28 heavy (non-hydrogen) atoms. The zero-order valence-corrected chi connectivity index (χ0v) is 15.1. The van der Waals surface area contributed by atoms with Gasteiger partial charge in [0.1, 0.15) is 5.75 Å². The molecule has 0 radical (unpaired) electrons. The number of rotatable bonds is 6. The molecule has 148 valence electrons. The number of halogens is 3. The maximum Gasteiger partial charge on any atom is 0.471 e. The molecule has 2 amide bonds. The maximum atomic E-state index is 12.3. The van der Waals surface area contributed by atoms with Gasteiger partial charge in [-0.25, -0.2) is 5.43 Å². The van der Waals surface area contributed by atoms with Crippen molar-refractivity contribution in [1.82, 2.24) is 5.43 Å². The number of benzene rings is 2. The number of hydrazone groups is 1. The van der Waals surface area contributed by atoms with Crippen LogP contribution in [0.15, 0.2) is 53.6 Å². The second kappa shape index (κ2) is 9.03. The Kier molecular flexibility index (Phi) is 6.75. The lowest BCUT2D eigenvalue weighted by Crippen LogP contribution is -2.30. The first-order chi connectivity index (χ1) is 13.2. The molecule has 0 aromatic heterocycles. The smallest absolute Gasteiger partial charge is 0.471 e. The molecule has 9 heteroatoms. The lowest BCUT2D eigenvalue weighted by Gasteiger charge is -2.09. The number of carbonyl (C=O) groups excluding carboxylic acids is 2. The largest absolute Gasteiger partial charge is 0.497 e. The third kappa shape index (κ3) is 6.11. The minimum Gasteiger partial charge on any atom is -0.497 e. The Hall–Kier alpha value is -3.36. The van der Waals surface area contributed by atoms with E-state index in [9.17, 15) is 22.8 Å². The summed E-state index contributed by atoms with van der Waals surface area (Å²) in [4.78, 5) is 23.0. The van der Waals surface area contributed by atoms with Crippen LogP contribution in [0.1, 0.15) is 18.1 Å². The fourth-order valence-corrected chi connectivity index (χ4v) is 2.20. The highest BCUT2D eigenvalue weighted by Gasteiger charge is 2.38. The number of amides is 2. The summed E-state index contributed by atoms with van der Waals surface area (Å²) in [5.74, 6) is -1.74. The Bertz CT molecular complexity index is 878. The standard InChI is InChI=1S/C19H18F3N3O3/c1-12(14-4-3-5-15(11-14)23-18(27)19(20,21)22)24-25-17(26)10-13-6-8-16(28-2)9-7-13/h3-9,11H,10H2,1-2H3,(H,23,27)(H,25,26)/b24-12-. The fraction of sp³-hybridized carbons (Fsp3) is 0.211. The third-order valence-corrected chi connectivity index (χ3v) is 3.67. The average molecular weight is 393 g/mol. The second-order valence-electron chi connectivity index (χ2n) is 5.79. The summed E-state index contributed by atoms with van der Waals surface area (Å²) in [6.45, 7) is 1.58. The highest BCUT2D eigenvalue weighted by Crippen LogP contribution is 2.19. The van der Waals surface area contributed by atoms with Gasteiger partial charge >= 0.3 is 12.1 Å². The van der Waals surface area contributed by atoms with Gasteiger partial charge in [-0.2, -0.15) is 18.3 Å². The van der Waals surface area contributed by atoms with Crippen LogP contribution in [-0.2, 0) is 16.0 Å². The first-order valence-electron chi connectivity index (χ1n) is 8.13. The Balaban J connectivity index is 1.99. The van der Waals surface area contributed by atoms with E-state index in [0.29, 0.717) is 17.0 Å².